The second-order valence-electron chi connectivity index (χ2n) is 5.22. The molecule has 1 aromatic heterocycles. The first-order valence-electron chi connectivity index (χ1n) is 7.59. The lowest BCUT2D eigenvalue weighted by atomic mass is 10.3. The molecule has 29 heavy (non-hydrogen) atoms. The Bertz CT molecular complexity index is 978. The van der Waals surface area contributed by atoms with Crippen LogP contribution in [0.1, 0.15) is 0 Å². The standard InChI is InChI=1S/C15H15F3N4O6S/c1-22(13-19-11(26-2)8-12(20-13)27-3)14(23)21-29(24,25)10-7-5-4-6-9(10)28-15(16,17)18/h4-8H,1-3H3,(H,21,23). The number of hydrogen-bond acceptors (Lipinski definition) is 8. The second-order valence-corrected chi connectivity index (χ2v) is 6.87. The zero-order valence-corrected chi connectivity index (χ0v) is 16.0. The van der Waals surface area contributed by atoms with Gasteiger partial charge >= 0.3 is 12.4 Å². The summed E-state index contributed by atoms with van der Waals surface area (Å²) >= 11 is 0. The molecule has 14 heteroatoms. The van der Waals surface area contributed by atoms with Crippen LogP contribution in [0.15, 0.2) is 35.2 Å². The molecule has 10 nitrogen and oxygen atoms in total. The van der Waals surface area contributed by atoms with E-state index in [0.717, 1.165) is 25.2 Å². The van der Waals surface area contributed by atoms with E-state index in [4.69, 9.17) is 9.47 Å². The normalized spacial score (nSPS) is 11.5. The summed E-state index contributed by atoms with van der Waals surface area (Å²) in [5.41, 5.74) is 0. The highest BCUT2D eigenvalue weighted by Crippen LogP contribution is 2.29. The first-order valence-corrected chi connectivity index (χ1v) is 9.07. The number of alkyl halides is 3. The molecule has 0 saturated carbocycles. The van der Waals surface area contributed by atoms with Crippen molar-refractivity contribution < 1.29 is 40.6 Å². The van der Waals surface area contributed by atoms with Gasteiger partial charge in [0, 0.05) is 7.05 Å². The van der Waals surface area contributed by atoms with Gasteiger partial charge in [0.1, 0.15) is 10.6 Å². The van der Waals surface area contributed by atoms with Crippen LogP contribution in [0.25, 0.3) is 0 Å². The number of nitrogens with one attached hydrogen (secondary N) is 1. The topological polar surface area (TPSA) is 120 Å². The van der Waals surface area contributed by atoms with Crippen molar-refractivity contribution in [2.24, 2.45) is 0 Å². The van der Waals surface area contributed by atoms with Crippen molar-refractivity contribution >= 4 is 22.0 Å². The SMILES string of the molecule is COc1cc(OC)nc(N(C)C(=O)NS(=O)(=O)c2ccccc2OC(F)(F)F)n1. The number of benzene rings is 1. The number of rotatable bonds is 6. The lowest BCUT2D eigenvalue weighted by Gasteiger charge is -2.18. The predicted molar refractivity (Wildman–Crippen MR) is 92.4 cm³/mol. The van der Waals surface area contributed by atoms with Crippen LogP contribution >= 0.6 is 0 Å². The molecule has 0 aliphatic carbocycles. The van der Waals surface area contributed by atoms with Crippen LogP contribution in [-0.4, -0.2) is 52.0 Å². The number of urea groups is 1. The molecule has 0 aliphatic heterocycles. The van der Waals surface area contributed by atoms with Crippen molar-refractivity contribution in [2.75, 3.05) is 26.2 Å². The zero-order valence-electron chi connectivity index (χ0n) is 15.2. The minimum absolute atomic E-state index is 0.0262. The van der Waals surface area contributed by atoms with Gasteiger partial charge in [0.2, 0.25) is 17.7 Å². The number of aromatic nitrogens is 2. The Hall–Kier alpha value is -3.29. The van der Waals surface area contributed by atoms with Crippen molar-refractivity contribution in [3.63, 3.8) is 0 Å². The first-order chi connectivity index (χ1) is 13.5. The maximum Gasteiger partial charge on any atom is 0.573 e. The van der Waals surface area contributed by atoms with E-state index in [0.29, 0.717) is 4.90 Å². The number of carbonyl (C=O) groups excluding carboxylic acids is 1. The van der Waals surface area contributed by atoms with Crippen LogP contribution in [0.3, 0.4) is 0 Å². The molecular formula is C15H15F3N4O6S. The monoisotopic (exact) mass is 436 g/mol. The molecule has 0 fully saturated rings. The van der Waals surface area contributed by atoms with E-state index < -0.39 is 33.1 Å². The van der Waals surface area contributed by atoms with E-state index in [1.807, 2.05) is 0 Å². The highest BCUT2D eigenvalue weighted by molar-refractivity contribution is 7.90. The van der Waals surface area contributed by atoms with Gasteiger partial charge in [0.25, 0.3) is 10.0 Å². The Morgan fingerprint density at radius 2 is 1.66 bits per heavy atom. The highest BCUT2D eigenvalue weighted by atomic mass is 32.2. The number of para-hydroxylation sites is 1. The van der Waals surface area contributed by atoms with E-state index in [2.05, 4.69) is 14.7 Å². The second kappa shape index (κ2) is 8.38. The summed E-state index contributed by atoms with van der Waals surface area (Å²) in [6, 6.07) is 4.03. The quantitative estimate of drug-likeness (QED) is 0.730. The van der Waals surface area contributed by atoms with Crippen molar-refractivity contribution in [2.45, 2.75) is 11.3 Å². The summed E-state index contributed by atoms with van der Waals surface area (Å²) in [5, 5.41) is 0. The van der Waals surface area contributed by atoms with Crippen LogP contribution in [-0.2, 0) is 10.0 Å². The predicted octanol–water partition coefficient (Wildman–Crippen LogP) is 1.93. The zero-order chi connectivity index (χ0) is 21.8. The maximum atomic E-state index is 12.5. The van der Waals surface area contributed by atoms with Gasteiger partial charge in [0.05, 0.1) is 20.3 Å². The number of carbonyl (C=O) groups is 1. The minimum Gasteiger partial charge on any atom is -0.481 e. The highest BCUT2D eigenvalue weighted by Gasteiger charge is 2.34. The molecule has 0 radical (unpaired) electrons. The van der Waals surface area contributed by atoms with E-state index >= 15 is 0 Å². The largest absolute Gasteiger partial charge is 0.573 e. The number of hydrogen-bond donors (Lipinski definition) is 1. The summed E-state index contributed by atoms with van der Waals surface area (Å²) in [6.07, 6.45) is -5.13. The summed E-state index contributed by atoms with van der Waals surface area (Å²) in [4.78, 5) is 19.9. The van der Waals surface area contributed by atoms with Gasteiger partial charge in [-0.2, -0.15) is 9.97 Å². The number of ether oxygens (including phenoxy) is 3. The van der Waals surface area contributed by atoms with Crippen molar-refractivity contribution in [1.29, 1.82) is 0 Å². The molecule has 1 N–H and O–H groups in total. The summed E-state index contributed by atoms with van der Waals surface area (Å²) < 4.78 is 77.6. The van der Waals surface area contributed by atoms with Crippen LogP contribution in [0.5, 0.6) is 17.5 Å². The van der Waals surface area contributed by atoms with E-state index in [9.17, 15) is 26.4 Å². The van der Waals surface area contributed by atoms with Crippen LogP contribution in [0, 0.1) is 0 Å². The average Bonchev–Trinajstić information content (AvgIpc) is 2.65. The Morgan fingerprint density at radius 1 is 1.10 bits per heavy atom. The van der Waals surface area contributed by atoms with Crippen molar-refractivity contribution in [3.05, 3.63) is 30.3 Å². The van der Waals surface area contributed by atoms with Crippen LogP contribution in [0.4, 0.5) is 23.9 Å². The summed E-state index contributed by atoms with van der Waals surface area (Å²) in [7, 11) is -0.997. The lowest BCUT2D eigenvalue weighted by molar-refractivity contribution is -0.275. The summed E-state index contributed by atoms with van der Waals surface area (Å²) in [6.45, 7) is 0. The average molecular weight is 436 g/mol. The molecule has 0 spiro atoms. The molecule has 158 valence electrons. The molecule has 1 aromatic carbocycles. The van der Waals surface area contributed by atoms with Crippen molar-refractivity contribution in [1.82, 2.24) is 14.7 Å². The fourth-order valence-electron chi connectivity index (χ4n) is 1.96. The van der Waals surface area contributed by atoms with Gasteiger partial charge in [-0.3, -0.25) is 4.90 Å². The third kappa shape index (κ3) is 5.60. The molecule has 0 aliphatic rings. The van der Waals surface area contributed by atoms with Gasteiger partial charge in [0.15, 0.2) is 0 Å². The first kappa shape index (κ1) is 22.0. The molecule has 2 rings (SSSR count). The van der Waals surface area contributed by atoms with Crippen LogP contribution in [0.2, 0.25) is 0 Å². The van der Waals surface area contributed by atoms with Gasteiger partial charge in [-0.15, -0.1) is 13.2 Å². The molecule has 2 aromatic rings. The maximum absolute atomic E-state index is 12.5. The van der Waals surface area contributed by atoms with E-state index in [1.165, 1.54) is 26.4 Å². The van der Waals surface area contributed by atoms with E-state index in [-0.39, 0.29) is 17.7 Å². The Kier molecular flexibility index (Phi) is 6.36. The Morgan fingerprint density at radius 3 is 2.17 bits per heavy atom. The Labute approximate surface area is 163 Å². The van der Waals surface area contributed by atoms with Gasteiger partial charge in [-0.25, -0.2) is 17.9 Å². The lowest BCUT2D eigenvalue weighted by Crippen LogP contribution is -2.41. The number of amides is 2. The van der Waals surface area contributed by atoms with E-state index in [1.54, 1.807) is 4.72 Å². The number of anilines is 1. The molecule has 2 amide bonds. The molecule has 0 saturated heterocycles. The summed E-state index contributed by atoms with van der Waals surface area (Å²) in [5.74, 6) is -1.23. The fraction of sp³-hybridized carbons (Fsp3) is 0.267. The molecule has 1 heterocycles. The van der Waals surface area contributed by atoms with Gasteiger partial charge in [-0.05, 0) is 12.1 Å². The third-order valence-electron chi connectivity index (χ3n) is 3.28. The Balaban J connectivity index is 2.31. The number of sulfonamides is 1. The smallest absolute Gasteiger partial charge is 0.481 e. The number of nitrogens with zero attached hydrogens (tertiary/aromatic N) is 3. The molecule has 0 atom stereocenters. The number of methoxy groups -OCH3 is 2. The number of halogens is 3. The molecule has 0 unspecified atom stereocenters. The van der Waals surface area contributed by atoms with Crippen molar-refractivity contribution in [3.8, 4) is 17.5 Å². The van der Waals surface area contributed by atoms with Gasteiger partial charge < -0.3 is 14.2 Å². The fourth-order valence-corrected chi connectivity index (χ4v) is 3.07. The van der Waals surface area contributed by atoms with Gasteiger partial charge in [-0.1, -0.05) is 12.1 Å². The molecule has 0 bridgehead atoms. The van der Waals surface area contributed by atoms with Crippen LogP contribution < -0.4 is 23.8 Å². The minimum atomic E-state index is -5.13. The third-order valence-corrected chi connectivity index (χ3v) is 4.64. The molecular weight excluding hydrogens is 421 g/mol.